The summed E-state index contributed by atoms with van der Waals surface area (Å²) < 4.78 is 5.81. The number of ether oxygens (including phenoxy) is 1. The highest BCUT2D eigenvalue weighted by atomic mass is 79.9. The van der Waals surface area contributed by atoms with Crippen molar-refractivity contribution >= 4 is 21.8 Å². The summed E-state index contributed by atoms with van der Waals surface area (Å²) in [5.41, 5.74) is 0.561. The maximum atomic E-state index is 11.6. The van der Waals surface area contributed by atoms with E-state index in [4.69, 9.17) is 9.84 Å². The Labute approximate surface area is 103 Å². The zero-order valence-corrected chi connectivity index (χ0v) is 10.6. The van der Waals surface area contributed by atoms with Gasteiger partial charge in [-0.1, -0.05) is 0 Å². The molecule has 1 amide bonds. The van der Waals surface area contributed by atoms with Crippen LogP contribution in [0, 0.1) is 0 Å². The van der Waals surface area contributed by atoms with Gasteiger partial charge < -0.3 is 15.2 Å². The smallest absolute Gasteiger partial charge is 0.251 e. The van der Waals surface area contributed by atoms with Crippen LogP contribution in [0.4, 0.5) is 0 Å². The van der Waals surface area contributed by atoms with Gasteiger partial charge in [-0.15, -0.1) is 0 Å². The standard InChI is InChI=1S/C11H14BrNO3/c1-16-10-4-3-8(7-9(10)12)11(15)13-5-2-6-14/h3-4,7,14H,2,5-6H2,1H3,(H,13,15). The molecule has 0 aliphatic heterocycles. The van der Waals surface area contributed by atoms with Gasteiger partial charge in [0.25, 0.3) is 5.91 Å². The van der Waals surface area contributed by atoms with Crippen LogP contribution in [0.15, 0.2) is 22.7 Å². The van der Waals surface area contributed by atoms with E-state index in [-0.39, 0.29) is 12.5 Å². The molecule has 0 saturated carbocycles. The van der Waals surface area contributed by atoms with Gasteiger partial charge in [0.1, 0.15) is 5.75 Å². The lowest BCUT2D eigenvalue weighted by atomic mass is 10.2. The Bertz CT molecular complexity index is 368. The summed E-state index contributed by atoms with van der Waals surface area (Å²) in [5.74, 6) is 0.531. The van der Waals surface area contributed by atoms with Gasteiger partial charge in [0.2, 0.25) is 0 Å². The number of carbonyl (C=O) groups is 1. The Morgan fingerprint density at radius 2 is 2.31 bits per heavy atom. The minimum atomic E-state index is -0.156. The third-order valence-electron chi connectivity index (χ3n) is 2.03. The number of halogens is 1. The molecule has 0 heterocycles. The van der Waals surface area contributed by atoms with Gasteiger partial charge in [0, 0.05) is 18.7 Å². The Balaban J connectivity index is 2.66. The van der Waals surface area contributed by atoms with Crippen molar-refractivity contribution in [3.63, 3.8) is 0 Å². The second kappa shape index (κ2) is 6.50. The lowest BCUT2D eigenvalue weighted by molar-refractivity contribution is 0.0951. The molecule has 4 nitrogen and oxygen atoms in total. The number of amides is 1. The molecule has 0 aliphatic rings. The summed E-state index contributed by atoms with van der Waals surface area (Å²) >= 11 is 3.31. The van der Waals surface area contributed by atoms with Gasteiger partial charge >= 0.3 is 0 Å². The number of methoxy groups -OCH3 is 1. The molecular formula is C11H14BrNO3. The van der Waals surface area contributed by atoms with E-state index in [0.29, 0.717) is 24.3 Å². The molecule has 0 unspecified atom stereocenters. The van der Waals surface area contributed by atoms with E-state index in [2.05, 4.69) is 21.2 Å². The number of rotatable bonds is 5. The van der Waals surface area contributed by atoms with Crippen molar-refractivity contribution in [2.24, 2.45) is 0 Å². The molecule has 16 heavy (non-hydrogen) atoms. The van der Waals surface area contributed by atoms with E-state index < -0.39 is 0 Å². The van der Waals surface area contributed by atoms with E-state index in [1.807, 2.05) is 0 Å². The van der Waals surface area contributed by atoms with E-state index in [1.165, 1.54) is 0 Å². The third-order valence-corrected chi connectivity index (χ3v) is 2.65. The lowest BCUT2D eigenvalue weighted by Crippen LogP contribution is -2.24. The van der Waals surface area contributed by atoms with Gasteiger partial charge in [0.05, 0.1) is 11.6 Å². The van der Waals surface area contributed by atoms with Crippen LogP contribution < -0.4 is 10.1 Å². The summed E-state index contributed by atoms with van der Waals surface area (Å²) in [6, 6.07) is 5.12. The van der Waals surface area contributed by atoms with Crippen LogP contribution in [0.3, 0.4) is 0 Å². The van der Waals surface area contributed by atoms with E-state index >= 15 is 0 Å². The molecule has 0 spiro atoms. The SMILES string of the molecule is COc1ccc(C(=O)NCCCO)cc1Br. The number of nitrogens with one attached hydrogen (secondary N) is 1. The molecular weight excluding hydrogens is 274 g/mol. The van der Waals surface area contributed by atoms with Crippen molar-refractivity contribution < 1.29 is 14.6 Å². The molecule has 1 aromatic carbocycles. The number of carbonyl (C=O) groups excluding carboxylic acids is 1. The first-order valence-electron chi connectivity index (χ1n) is 4.91. The lowest BCUT2D eigenvalue weighted by Gasteiger charge is -2.07. The number of aliphatic hydroxyl groups excluding tert-OH is 1. The van der Waals surface area contributed by atoms with Crippen LogP contribution in [0.5, 0.6) is 5.75 Å². The van der Waals surface area contributed by atoms with Gasteiger partial charge in [-0.3, -0.25) is 4.79 Å². The molecule has 0 atom stereocenters. The summed E-state index contributed by atoms with van der Waals surface area (Å²) in [4.78, 5) is 11.6. The average Bonchev–Trinajstić information content (AvgIpc) is 2.29. The maximum absolute atomic E-state index is 11.6. The summed E-state index contributed by atoms with van der Waals surface area (Å²) in [7, 11) is 1.57. The highest BCUT2D eigenvalue weighted by Gasteiger charge is 2.07. The maximum Gasteiger partial charge on any atom is 0.251 e. The minimum Gasteiger partial charge on any atom is -0.496 e. The van der Waals surface area contributed by atoms with Crippen molar-refractivity contribution in [2.45, 2.75) is 6.42 Å². The Kier molecular flexibility index (Phi) is 5.28. The average molecular weight is 288 g/mol. The Morgan fingerprint density at radius 1 is 1.56 bits per heavy atom. The van der Waals surface area contributed by atoms with Gasteiger partial charge in [0.15, 0.2) is 0 Å². The second-order valence-electron chi connectivity index (χ2n) is 3.18. The van der Waals surface area contributed by atoms with E-state index in [9.17, 15) is 4.79 Å². The van der Waals surface area contributed by atoms with Crippen molar-refractivity contribution in [1.29, 1.82) is 0 Å². The normalized spacial score (nSPS) is 9.94. The molecule has 0 fully saturated rings. The molecule has 1 aromatic rings. The highest BCUT2D eigenvalue weighted by molar-refractivity contribution is 9.10. The molecule has 1 rings (SSSR count). The van der Waals surface area contributed by atoms with Crippen LogP contribution in [-0.2, 0) is 0 Å². The fourth-order valence-electron chi connectivity index (χ4n) is 1.19. The molecule has 0 saturated heterocycles. The first kappa shape index (κ1) is 13.0. The number of aliphatic hydroxyl groups is 1. The Morgan fingerprint density at radius 3 is 2.88 bits per heavy atom. The van der Waals surface area contributed by atoms with Crippen molar-refractivity contribution in [1.82, 2.24) is 5.32 Å². The molecule has 0 radical (unpaired) electrons. The summed E-state index contributed by atoms with van der Waals surface area (Å²) in [6.07, 6.45) is 0.559. The number of benzene rings is 1. The first-order valence-corrected chi connectivity index (χ1v) is 5.71. The highest BCUT2D eigenvalue weighted by Crippen LogP contribution is 2.25. The predicted molar refractivity (Wildman–Crippen MR) is 64.7 cm³/mol. The topological polar surface area (TPSA) is 58.6 Å². The first-order chi connectivity index (χ1) is 7.69. The molecule has 0 bridgehead atoms. The van der Waals surface area contributed by atoms with Crippen molar-refractivity contribution in [3.8, 4) is 5.75 Å². The number of hydrogen-bond acceptors (Lipinski definition) is 3. The fraction of sp³-hybridized carbons (Fsp3) is 0.364. The minimum absolute atomic E-state index is 0.0760. The fourth-order valence-corrected chi connectivity index (χ4v) is 1.73. The zero-order valence-electron chi connectivity index (χ0n) is 9.00. The largest absolute Gasteiger partial charge is 0.496 e. The summed E-state index contributed by atoms with van der Waals surface area (Å²) in [5, 5.41) is 11.3. The molecule has 2 N–H and O–H groups in total. The van der Waals surface area contributed by atoms with Crippen LogP contribution in [0.1, 0.15) is 16.8 Å². The number of hydrogen-bond donors (Lipinski definition) is 2. The summed E-state index contributed by atoms with van der Waals surface area (Å²) in [6.45, 7) is 0.547. The van der Waals surface area contributed by atoms with Gasteiger partial charge in [-0.25, -0.2) is 0 Å². The van der Waals surface area contributed by atoms with Crippen molar-refractivity contribution in [2.75, 3.05) is 20.3 Å². The van der Waals surface area contributed by atoms with Crippen LogP contribution in [0.25, 0.3) is 0 Å². The molecule has 5 heteroatoms. The van der Waals surface area contributed by atoms with Crippen LogP contribution >= 0.6 is 15.9 Å². The van der Waals surface area contributed by atoms with Crippen molar-refractivity contribution in [3.05, 3.63) is 28.2 Å². The molecule has 88 valence electrons. The Hall–Kier alpha value is -1.07. The van der Waals surface area contributed by atoms with Gasteiger partial charge in [-0.05, 0) is 40.5 Å². The van der Waals surface area contributed by atoms with E-state index in [0.717, 1.165) is 4.47 Å². The third kappa shape index (κ3) is 3.50. The zero-order chi connectivity index (χ0) is 12.0. The second-order valence-corrected chi connectivity index (χ2v) is 4.04. The van der Waals surface area contributed by atoms with Crippen LogP contribution in [0.2, 0.25) is 0 Å². The predicted octanol–water partition coefficient (Wildman–Crippen LogP) is 1.57. The monoisotopic (exact) mass is 287 g/mol. The quantitative estimate of drug-likeness (QED) is 0.809. The van der Waals surface area contributed by atoms with Crippen LogP contribution in [-0.4, -0.2) is 31.3 Å². The molecule has 0 aliphatic carbocycles. The molecule has 0 aromatic heterocycles. The van der Waals surface area contributed by atoms with Gasteiger partial charge in [-0.2, -0.15) is 0 Å². The van der Waals surface area contributed by atoms with E-state index in [1.54, 1.807) is 25.3 Å².